The Kier molecular flexibility index (Phi) is 5.12. The smallest absolute Gasteiger partial charge is 0.321 e. The van der Waals surface area contributed by atoms with E-state index in [1.54, 1.807) is 18.3 Å². The lowest BCUT2D eigenvalue weighted by Gasteiger charge is -2.32. The summed E-state index contributed by atoms with van der Waals surface area (Å²) in [4.78, 5) is 18.7. The molecule has 2 heterocycles. The molecule has 3 aromatic rings. The van der Waals surface area contributed by atoms with Gasteiger partial charge in [0.05, 0.1) is 0 Å². The van der Waals surface area contributed by atoms with Crippen LogP contribution < -0.4 is 10.1 Å². The number of pyridine rings is 1. The van der Waals surface area contributed by atoms with Gasteiger partial charge in [-0.05, 0) is 30.3 Å². The predicted octanol–water partition coefficient (Wildman–Crippen LogP) is 4.96. The van der Waals surface area contributed by atoms with Crippen LogP contribution in [-0.2, 0) is 0 Å². The molecule has 27 heavy (non-hydrogen) atoms. The number of halogens is 1. The molecule has 2 aromatic carbocycles. The van der Waals surface area contributed by atoms with E-state index < -0.39 is 0 Å². The van der Waals surface area contributed by atoms with Crippen LogP contribution in [0.2, 0.25) is 5.02 Å². The maximum atomic E-state index is 12.4. The number of nitrogens with one attached hydrogen (secondary N) is 1. The quantitative estimate of drug-likeness (QED) is 0.697. The van der Waals surface area contributed by atoms with Crippen LogP contribution in [-0.4, -0.2) is 35.1 Å². The average molecular weight is 382 g/mol. The molecule has 0 unspecified atom stereocenters. The topological polar surface area (TPSA) is 54.5 Å². The number of aromatic nitrogens is 1. The highest BCUT2D eigenvalue weighted by Gasteiger charge is 2.24. The Labute approximate surface area is 162 Å². The molecule has 1 aromatic heterocycles. The van der Waals surface area contributed by atoms with Gasteiger partial charge in [-0.15, -0.1) is 0 Å². The van der Waals surface area contributed by atoms with Crippen molar-refractivity contribution in [2.24, 2.45) is 0 Å². The summed E-state index contributed by atoms with van der Waals surface area (Å²) in [7, 11) is 0. The molecule has 0 radical (unpaired) electrons. The number of carbonyl (C=O) groups excluding carboxylic acids is 1. The summed E-state index contributed by atoms with van der Waals surface area (Å²) in [5.41, 5.74) is 1.58. The van der Waals surface area contributed by atoms with Gasteiger partial charge in [-0.1, -0.05) is 35.9 Å². The van der Waals surface area contributed by atoms with E-state index in [9.17, 15) is 4.79 Å². The Hall–Kier alpha value is -2.79. The van der Waals surface area contributed by atoms with E-state index in [0.29, 0.717) is 23.8 Å². The molecule has 1 N–H and O–H groups in total. The number of likely N-dealkylation sites (tertiary alicyclic amines) is 1. The van der Waals surface area contributed by atoms with Gasteiger partial charge in [0, 0.05) is 48.2 Å². The van der Waals surface area contributed by atoms with Gasteiger partial charge in [0.1, 0.15) is 17.4 Å². The van der Waals surface area contributed by atoms with E-state index in [1.165, 1.54) is 0 Å². The van der Waals surface area contributed by atoms with E-state index >= 15 is 0 Å². The van der Waals surface area contributed by atoms with Crippen LogP contribution in [0.15, 0.2) is 60.8 Å². The molecule has 0 aliphatic carbocycles. The van der Waals surface area contributed by atoms with Crippen molar-refractivity contribution in [3.8, 4) is 5.75 Å². The zero-order valence-electron chi connectivity index (χ0n) is 14.8. The molecule has 6 heteroatoms. The largest absolute Gasteiger partial charge is 0.488 e. The van der Waals surface area contributed by atoms with Gasteiger partial charge in [-0.25, -0.2) is 4.79 Å². The third-order valence-corrected chi connectivity index (χ3v) is 4.93. The van der Waals surface area contributed by atoms with Crippen molar-refractivity contribution in [3.63, 3.8) is 0 Å². The Morgan fingerprint density at radius 3 is 2.70 bits per heavy atom. The van der Waals surface area contributed by atoms with E-state index in [4.69, 9.17) is 16.3 Å². The molecule has 138 valence electrons. The number of carbonyl (C=O) groups is 1. The van der Waals surface area contributed by atoms with Gasteiger partial charge in [0.2, 0.25) is 0 Å². The van der Waals surface area contributed by atoms with Crippen molar-refractivity contribution in [1.82, 2.24) is 9.88 Å². The fourth-order valence-electron chi connectivity index (χ4n) is 3.30. The number of hydrogen-bond acceptors (Lipinski definition) is 3. The van der Waals surface area contributed by atoms with Crippen molar-refractivity contribution < 1.29 is 9.53 Å². The number of anilines is 1. The number of benzene rings is 2. The predicted molar refractivity (Wildman–Crippen MR) is 107 cm³/mol. The first-order chi connectivity index (χ1) is 13.2. The van der Waals surface area contributed by atoms with Crippen LogP contribution in [0.25, 0.3) is 10.9 Å². The summed E-state index contributed by atoms with van der Waals surface area (Å²) in [6.45, 7) is 1.30. The highest BCUT2D eigenvalue weighted by atomic mass is 35.5. The third-order valence-electron chi connectivity index (χ3n) is 4.69. The maximum Gasteiger partial charge on any atom is 0.321 e. The average Bonchev–Trinajstić information content (AvgIpc) is 2.69. The summed E-state index contributed by atoms with van der Waals surface area (Å²) < 4.78 is 6.19. The van der Waals surface area contributed by atoms with Gasteiger partial charge in [0.15, 0.2) is 0 Å². The minimum atomic E-state index is -0.109. The Morgan fingerprint density at radius 1 is 1.11 bits per heavy atom. The minimum absolute atomic E-state index is 0.0767. The van der Waals surface area contributed by atoms with Crippen LogP contribution >= 0.6 is 11.6 Å². The molecule has 2 amide bonds. The number of piperidine rings is 1. The lowest BCUT2D eigenvalue weighted by atomic mass is 10.1. The van der Waals surface area contributed by atoms with Crippen LogP contribution in [0.4, 0.5) is 10.5 Å². The Bertz CT molecular complexity index is 950. The van der Waals surface area contributed by atoms with E-state index in [-0.39, 0.29) is 12.1 Å². The molecular weight excluding hydrogens is 362 g/mol. The fourth-order valence-corrected chi connectivity index (χ4v) is 3.49. The van der Waals surface area contributed by atoms with E-state index in [1.807, 2.05) is 47.4 Å². The van der Waals surface area contributed by atoms with Crippen LogP contribution in [0.3, 0.4) is 0 Å². The SMILES string of the molecule is O=C(Nc1cccc(Cl)c1)N1CCC(Oc2cccc3cccnc23)CC1. The van der Waals surface area contributed by atoms with Gasteiger partial charge in [0.25, 0.3) is 0 Å². The molecule has 1 aliphatic heterocycles. The first kappa shape index (κ1) is 17.6. The molecule has 1 saturated heterocycles. The fraction of sp³-hybridized carbons (Fsp3) is 0.238. The van der Waals surface area contributed by atoms with E-state index in [0.717, 1.165) is 29.5 Å². The molecule has 0 bridgehead atoms. The normalized spacial score (nSPS) is 14.9. The molecule has 4 rings (SSSR count). The summed E-state index contributed by atoms with van der Waals surface area (Å²) in [5.74, 6) is 0.801. The van der Waals surface area contributed by atoms with Gasteiger partial charge in [-0.3, -0.25) is 4.98 Å². The first-order valence-electron chi connectivity index (χ1n) is 9.01. The van der Waals surface area contributed by atoms with Crippen molar-refractivity contribution >= 4 is 34.2 Å². The molecular formula is C21H20ClN3O2. The summed E-state index contributed by atoms with van der Waals surface area (Å²) >= 11 is 5.97. The zero-order valence-corrected chi connectivity index (χ0v) is 15.5. The number of ether oxygens (including phenoxy) is 1. The second kappa shape index (κ2) is 7.84. The van der Waals surface area contributed by atoms with Crippen molar-refractivity contribution in [2.75, 3.05) is 18.4 Å². The maximum absolute atomic E-state index is 12.4. The zero-order chi connectivity index (χ0) is 18.6. The number of rotatable bonds is 3. The van der Waals surface area contributed by atoms with Gasteiger partial charge < -0.3 is 15.0 Å². The second-order valence-electron chi connectivity index (χ2n) is 6.58. The molecule has 0 spiro atoms. The number of hydrogen-bond donors (Lipinski definition) is 1. The monoisotopic (exact) mass is 381 g/mol. The second-order valence-corrected chi connectivity index (χ2v) is 7.01. The molecule has 1 aliphatic rings. The van der Waals surface area contributed by atoms with Crippen LogP contribution in [0.1, 0.15) is 12.8 Å². The minimum Gasteiger partial charge on any atom is -0.488 e. The first-order valence-corrected chi connectivity index (χ1v) is 9.39. The van der Waals surface area contributed by atoms with Crippen LogP contribution in [0.5, 0.6) is 5.75 Å². The van der Waals surface area contributed by atoms with Gasteiger partial charge >= 0.3 is 6.03 Å². The van der Waals surface area contributed by atoms with Gasteiger partial charge in [-0.2, -0.15) is 0 Å². The van der Waals surface area contributed by atoms with E-state index in [2.05, 4.69) is 10.3 Å². The number of fused-ring (bicyclic) bond motifs is 1. The summed E-state index contributed by atoms with van der Waals surface area (Å²) in [6, 6.07) is 17.0. The standard InChI is InChI=1S/C21H20ClN3O2/c22-16-6-2-7-17(14-16)24-21(26)25-12-9-18(10-13-25)27-19-8-1-4-15-5-3-11-23-20(15)19/h1-8,11,14,18H,9-10,12-13H2,(H,24,26). The third kappa shape index (κ3) is 4.14. The highest BCUT2D eigenvalue weighted by molar-refractivity contribution is 6.30. The highest BCUT2D eigenvalue weighted by Crippen LogP contribution is 2.26. The summed E-state index contributed by atoms with van der Waals surface area (Å²) in [6.07, 6.45) is 3.42. The van der Waals surface area contributed by atoms with Crippen molar-refractivity contribution in [3.05, 3.63) is 65.8 Å². The number of amides is 2. The van der Waals surface area contributed by atoms with Crippen molar-refractivity contribution in [1.29, 1.82) is 0 Å². The van der Waals surface area contributed by atoms with Crippen molar-refractivity contribution in [2.45, 2.75) is 18.9 Å². The summed E-state index contributed by atoms with van der Waals surface area (Å²) in [5, 5.41) is 4.56. The van der Waals surface area contributed by atoms with Crippen LogP contribution in [0, 0.1) is 0 Å². The number of nitrogens with zero attached hydrogens (tertiary/aromatic N) is 2. The molecule has 0 saturated carbocycles. The Balaban J connectivity index is 1.35. The molecule has 1 fully saturated rings. The lowest BCUT2D eigenvalue weighted by molar-refractivity contribution is 0.116. The lowest BCUT2D eigenvalue weighted by Crippen LogP contribution is -2.43. The molecule has 5 nitrogen and oxygen atoms in total. The number of para-hydroxylation sites is 1. The number of urea groups is 1. The Morgan fingerprint density at radius 2 is 1.89 bits per heavy atom. The molecule has 0 atom stereocenters.